The summed E-state index contributed by atoms with van der Waals surface area (Å²) in [4.78, 5) is 0. The quantitative estimate of drug-likeness (QED) is 0.729. The maximum absolute atomic E-state index is 5.94. The van der Waals surface area contributed by atoms with Gasteiger partial charge in [0, 0.05) is 10.7 Å². The van der Waals surface area contributed by atoms with Gasteiger partial charge < -0.3 is 11.5 Å². The highest BCUT2D eigenvalue weighted by Gasteiger charge is 1.95. The van der Waals surface area contributed by atoms with E-state index in [2.05, 4.69) is 0 Å². The third-order valence-corrected chi connectivity index (χ3v) is 2.00. The monoisotopic (exact) mass is 196 g/mol. The van der Waals surface area contributed by atoms with Gasteiger partial charge in [-0.15, -0.1) is 0 Å². The Hall–Kier alpha value is -0.990. The number of hydrogen-bond acceptors (Lipinski definition) is 2. The van der Waals surface area contributed by atoms with Crippen molar-refractivity contribution in [3.63, 3.8) is 0 Å². The van der Waals surface area contributed by atoms with Crippen LogP contribution in [0.5, 0.6) is 0 Å². The first kappa shape index (κ1) is 10.1. The Morgan fingerprint density at radius 2 is 2.15 bits per heavy atom. The summed E-state index contributed by atoms with van der Waals surface area (Å²) in [5.74, 6) is 0. The molecule has 0 heterocycles. The van der Waals surface area contributed by atoms with Gasteiger partial charge in [-0.1, -0.05) is 23.8 Å². The Labute approximate surface area is 83.2 Å². The summed E-state index contributed by atoms with van der Waals surface area (Å²) in [7, 11) is 0. The van der Waals surface area contributed by atoms with E-state index < -0.39 is 0 Å². The number of halogens is 1. The topological polar surface area (TPSA) is 52.0 Å². The van der Waals surface area contributed by atoms with Crippen LogP contribution in [0.1, 0.15) is 12.0 Å². The molecule has 0 amide bonds. The number of hydrogen-bond donors (Lipinski definition) is 2. The van der Waals surface area contributed by atoms with Gasteiger partial charge in [-0.25, -0.2) is 0 Å². The SMILES string of the molecule is NCCC=Cc1cc(N)ccc1Cl. The predicted molar refractivity (Wildman–Crippen MR) is 58.6 cm³/mol. The number of nitrogen functional groups attached to an aromatic ring is 1. The fourth-order valence-electron chi connectivity index (χ4n) is 0.996. The minimum Gasteiger partial charge on any atom is -0.399 e. The van der Waals surface area contributed by atoms with Crippen LogP contribution in [0.3, 0.4) is 0 Å². The number of anilines is 1. The molecule has 70 valence electrons. The average molecular weight is 197 g/mol. The van der Waals surface area contributed by atoms with Crippen molar-refractivity contribution in [3.05, 3.63) is 34.9 Å². The van der Waals surface area contributed by atoms with Gasteiger partial charge in [0.2, 0.25) is 0 Å². The third-order valence-electron chi connectivity index (χ3n) is 1.65. The van der Waals surface area contributed by atoms with E-state index in [1.165, 1.54) is 0 Å². The Bertz CT molecular complexity index is 308. The van der Waals surface area contributed by atoms with E-state index in [1.807, 2.05) is 18.2 Å². The normalized spacial score (nSPS) is 10.9. The maximum atomic E-state index is 5.94. The number of rotatable bonds is 3. The molecule has 0 saturated heterocycles. The van der Waals surface area contributed by atoms with Gasteiger partial charge in [0.1, 0.15) is 0 Å². The average Bonchev–Trinajstić information content (AvgIpc) is 2.11. The summed E-state index contributed by atoms with van der Waals surface area (Å²) in [6, 6.07) is 5.41. The lowest BCUT2D eigenvalue weighted by Crippen LogP contribution is -1.95. The predicted octanol–water partition coefficient (Wildman–Crippen LogP) is 2.28. The molecule has 13 heavy (non-hydrogen) atoms. The van der Waals surface area contributed by atoms with E-state index in [-0.39, 0.29) is 0 Å². The molecule has 0 spiro atoms. The molecule has 0 aromatic heterocycles. The molecule has 0 saturated carbocycles. The van der Waals surface area contributed by atoms with Crippen LogP contribution in [0, 0.1) is 0 Å². The van der Waals surface area contributed by atoms with Crippen LogP contribution in [-0.2, 0) is 0 Å². The summed E-state index contributed by atoms with van der Waals surface area (Å²) in [5, 5.41) is 0.711. The van der Waals surface area contributed by atoms with E-state index in [9.17, 15) is 0 Å². The zero-order chi connectivity index (χ0) is 9.68. The van der Waals surface area contributed by atoms with Gasteiger partial charge in [-0.3, -0.25) is 0 Å². The largest absolute Gasteiger partial charge is 0.399 e. The Balaban J connectivity index is 2.81. The maximum Gasteiger partial charge on any atom is 0.0479 e. The van der Waals surface area contributed by atoms with Crippen LogP contribution in [0.4, 0.5) is 5.69 Å². The van der Waals surface area contributed by atoms with Crippen molar-refractivity contribution in [1.29, 1.82) is 0 Å². The molecule has 0 aliphatic heterocycles. The van der Waals surface area contributed by atoms with Crippen LogP contribution in [0.15, 0.2) is 24.3 Å². The van der Waals surface area contributed by atoms with Crippen LogP contribution in [-0.4, -0.2) is 6.54 Å². The molecular weight excluding hydrogens is 184 g/mol. The van der Waals surface area contributed by atoms with Gasteiger partial charge in [-0.2, -0.15) is 0 Å². The highest BCUT2D eigenvalue weighted by atomic mass is 35.5. The first-order valence-corrected chi connectivity index (χ1v) is 4.53. The number of benzene rings is 1. The highest BCUT2D eigenvalue weighted by Crippen LogP contribution is 2.20. The summed E-state index contributed by atoms with van der Waals surface area (Å²) >= 11 is 5.94. The molecule has 2 nitrogen and oxygen atoms in total. The highest BCUT2D eigenvalue weighted by molar-refractivity contribution is 6.32. The Morgan fingerprint density at radius 3 is 2.85 bits per heavy atom. The van der Waals surface area contributed by atoms with Crippen molar-refractivity contribution < 1.29 is 0 Å². The van der Waals surface area contributed by atoms with Crippen LogP contribution < -0.4 is 11.5 Å². The minimum atomic E-state index is 0.649. The van der Waals surface area contributed by atoms with E-state index in [4.69, 9.17) is 23.1 Å². The molecule has 0 unspecified atom stereocenters. The van der Waals surface area contributed by atoms with Gasteiger partial charge >= 0.3 is 0 Å². The summed E-state index contributed by atoms with van der Waals surface area (Å²) in [5.41, 5.74) is 12.6. The first-order chi connectivity index (χ1) is 6.24. The lowest BCUT2D eigenvalue weighted by atomic mass is 10.2. The molecule has 1 rings (SSSR count). The molecule has 1 aromatic rings. The van der Waals surface area contributed by atoms with Gasteiger partial charge in [-0.05, 0) is 36.7 Å². The second-order valence-electron chi connectivity index (χ2n) is 2.76. The summed E-state index contributed by atoms with van der Waals surface area (Å²) in [6.07, 6.45) is 4.78. The summed E-state index contributed by atoms with van der Waals surface area (Å²) in [6.45, 7) is 0.649. The molecule has 0 aliphatic rings. The molecule has 4 N–H and O–H groups in total. The molecule has 3 heteroatoms. The summed E-state index contributed by atoms with van der Waals surface area (Å²) < 4.78 is 0. The molecule has 1 aromatic carbocycles. The van der Waals surface area contributed by atoms with Crippen LogP contribution >= 0.6 is 11.6 Å². The molecule has 0 aliphatic carbocycles. The second-order valence-corrected chi connectivity index (χ2v) is 3.17. The van der Waals surface area contributed by atoms with Gasteiger partial charge in [0.15, 0.2) is 0 Å². The lowest BCUT2D eigenvalue weighted by molar-refractivity contribution is 1.01. The van der Waals surface area contributed by atoms with E-state index in [0.717, 1.165) is 17.7 Å². The zero-order valence-electron chi connectivity index (χ0n) is 7.33. The van der Waals surface area contributed by atoms with Crippen molar-refractivity contribution in [2.75, 3.05) is 12.3 Å². The Kier molecular flexibility index (Phi) is 3.80. The van der Waals surface area contributed by atoms with Crippen molar-refractivity contribution >= 4 is 23.4 Å². The van der Waals surface area contributed by atoms with E-state index in [1.54, 1.807) is 12.1 Å². The van der Waals surface area contributed by atoms with Crippen molar-refractivity contribution in [1.82, 2.24) is 0 Å². The second kappa shape index (κ2) is 4.90. The zero-order valence-corrected chi connectivity index (χ0v) is 8.09. The van der Waals surface area contributed by atoms with Crippen molar-refractivity contribution in [2.24, 2.45) is 5.73 Å². The number of nitrogens with two attached hydrogens (primary N) is 2. The van der Waals surface area contributed by atoms with Crippen molar-refractivity contribution in [2.45, 2.75) is 6.42 Å². The van der Waals surface area contributed by atoms with E-state index in [0.29, 0.717) is 11.6 Å². The molecular formula is C10H13ClN2. The first-order valence-electron chi connectivity index (χ1n) is 4.15. The van der Waals surface area contributed by atoms with Gasteiger partial charge in [0.25, 0.3) is 0 Å². The fourth-order valence-corrected chi connectivity index (χ4v) is 1.18. The van der Waals surface area contributed by atoms with Crippen LogP contribution in [0.25, 0.3) is 6.08 Å². The third kappa shape index (κ3) is 3.09. The fraction of sp³-hybridized carbons (Fsp3) is 0.200. The smallest absolute Gasteiger partial charge is 0.0479 e. The van der Waals surface area contributed by atoms with E-state index >= 15 is 0 Å². The lowest BCUT2D eigenvalue weighted by Gasteiger charge is -1.99. The van der Waals surface area contributed by atoms with Gasteiger partial charge in [0.05, 0.1) is 0 Å². The molecule has 0 atom stereocenters. The molecule has 0 fully saturated rings. The standard InChI is InChI=1S/C10H13ClN2/c11-10-5-4-9(13)7-8(10)3-1-2-6-12/h1,3-5,7H,2,6,12-13H2. The molecule has 0 bridgehead atoms. The molecule has 0 radical (unpaired) electrons. The Morgan fingerprint density at radius 1 is 1.38 bits per heavy atom. The minimum absolute atomic E-state index is 0.649. The van der Waals surface area contributed by atoms with Crippen molar-refractivity contribution in [3.8, 4) is 0 Å². The van der Waals surface area contributed by atoms with Crippen LogP contribution in [0.2, 0.25) is 5.02 Å².